The number of halogens is 1. The fraction of sp³-hybridized carbons (Fsp3) is 0.278. The van der Waals surface area contributed by atoms with Gasteiger partial charge in [0.05, 0.1) is 0 Å². The Balaban J connectivity index is 1.66. The molecule has 124 valence electrons. The Morgan fingerprint density at radius 2 is 2.04 bits per heavy atom. The molecule has 0 radical (unpaired) electrons. The smallest absolute Gasteiger partial charge is 0.237 e. The molecule has 0 spiro atoms. The van der Waals surface area contributed by atoms with Crippen LogP contribution in [-0.4, -0.2) is 31.9 Å². The van der Waals surface area contributed by atoms with Crippen LogP contribution in [0, 0.1) is 5.82 Å². The van der Waals surface area contributed by atoms with Gasteiger partial charge in [-0.1, -0.05) is 18.2 Å². The predicted molar refractivity (Wildman–Crippen MR) is 92.3 cm³/mol. The molecule has 1 saturated heterocycles. The predicted octanol–water partition coefficient (Wildman–Crippen LogP) is 2.51. The first-order valence-electron chi connectivity index (χ1n) is 7.89. The van der Waals surface area contributed by atoms with E-state index in [2.05, 4.69) is 20.5 Å². The van der Waals surface area contributed by atoms with Crippen molar-refractivity contribution in [3.8, 4) is 0 Å². The minimum atomic E-state index is -0.228. The van der Waals surface area contributed by atoms with E-state index in [0.29, 0.717) is 18.7 Å². The SMILES string of the molecule is O=C=NC1CNCCN1c1ccc(NCc2ccccc2F)cc1. The lowest BCUT2D eigenvalue weighted by Crippen LogP contribution is -2.50. The average molecular weight is 326 g/mol. The van der Waals surface area contributed by atoms with E-state index in [1.54, 1.807) is 18.2 Å². The summed E-state index contributed by atoms with van der Waals surface area (Å²) < 4.78 is 13.6. The van der Waals surface area contributed by atoms with Crippen molar-refractivity contribution in [3.05, 3.63) is 59.9 Å². The van der Waals surface area contributed by atoms with Gasteiger partial charge < -0.3 is 15.5 Å². The second-order valence-corrected chi connectivity index (χ2v) is 5.59. The number of anilines is 2. The molecule has 0 saturated carbocycles. The van der Waals surface area contributed by atoms with Crippen molar-refractivity contribution in [2.24, 2.45) is 4.99 Å². The lowest BCUT2D eigenvalue weighted by atomic mass is 10.2. The highest BCUT2D eigenvalue weighted by molar-refractivity contribution is 5.56. The molecule has 2 N–H and O–H groups in total. The molecule has 1 aliphatic rings. The van der Waals surface area contributed by atoms with Crippen LogP contribution in [0.3, 0.4) is 0 Å². The fourth-order valence-electron chi connectivity index (χ4n) is 2.78. The molecule has 0 aliphatic carbocycles. The maximum Gasteiger partial charge on any atom is 0.237 e. The summed E-state index contributed by atoms with van der Waals surface area (Å²) in [6.07, 6.45) is 1.41. The molecule has 6 heteroatoms. The topological polar surface area (TPSA) is 56.7 Å². The van der Waals surface area contributed by atoms with Gasteiger partial charge in [-0.3, -0.25) is 0 Å². The van der Waals surface area contributed by atoms with Gasteiger partial charge in [0.1, 0.15) is 12.0 Å². The van der Waals surface area contributed by atoms with Crippen molar-refractivity contribution >= 4 is 17.5 Å². The first-order valence-corrected chi connectivity index (χ1v) is 7.89. The van der Waals surface area contributed by atoms with Crippen LogP contribution in [0.1, 0.15) is 5.56 Å². The Hall–Kier alpha value is -2.69. The van der Waals surface area contributed by atoms with Crippen LogP contribution in [0.25, 0.3) is 0 Å². The first kappa shape index (κ1) is 16.2. The minimum Gasteiger partial charge on any atom is -0.381 e. The number of rotatable bonds is 5. The third-order valence-corrected chi connectivity index (χ3v) is 4.06. The Kier molecular flexibility index (Phi) is 5.21. The van der Waals surface area contributed by atoms with E-state index in [1.165, 1.54) is 6.07 Å². The summed E-state index contributed by atoms with van der Waals surface area (Å²) in [4.78, 5) is 16.5. The molecular weight excluding hydrogens is 307 g/mol. The second-order valence-electron chi connectivity index (χ2n) is 5.59. The van der Waals surface area contributed by atoms with E-state index in [9.17, 15) is 9.18 Å². The number of isocyanates is 1. The second kappa shape index (κ2) is 7.73. The number of carbonyl (C=O) groups excluding carboxylic acids is 1. The summed E-state index contributed by atoms with van der Waals surface area (Å²) in [6, 6.07) is 14.6. The van der Waals surface area contributed by atoms with Crippen LogP contribution in [0.2, 0.25) is 0 Å². The lowest BCUT2D eigenvalue weighted by molar-refractivity contribution is 0.481. The van der Waals surface area contributed by atoms with E-state index in [-0.39, 0.29) is 12.0 Å². The summed E-state index contributed by atoms with van der Waals surface area (Å²) in [5, 5.41) is 6.42. The van der Waals surface area contributed by atoms with Crippen LogP contribution in [0.15, 0.2) is 53.5 Å². The average Bonchev–Trinajstić information content (AvgIpc) is 2.62. The van der Waals surface area contributed by atoms with Crippen LogP contribution in [0.5, 0.6) is 0 Å². The molecule has 3 rings (SSSR count). The van der Waals surface area contributed by atoms with Crippen molar-refractivity contribution < 1.29 is 9.18 Å². The molecule has 5 nitrogen and oxygen atoms in total. The zero-order valence-electron chi connectivity index (χ0n) is 13.2. The highest BCUT2D eigenvalue weighted by Crippen LogP contribution is 2.22. The quantitative estimate of drug-likeness (QED) is 0.655. The van der Waals surface area contributed by atoms with Crippen LogP contribution in [0.4, 0.5) is 15.8 Å². The molecule has 1 unspecified atom stereocenters. The molecule has 24 heavy (non-hydrogen) atoms. The van der Waals surface area contributed by atoms with Crippen molar-refractivity contribution in [1.29, 1.82) is 0 Å². The summed E-state index contributed by atoms with van der Waals surface area (Å²) in [6.45, 7) is 2.68. The summed E-state index contributed by atoms with van der Waals surface area (Å²) in [5.74, 6) is -0.211. The molecule has 1 heterocycles. The van der Waals surface area contributed by atoms with Gasteiger partial charge in [0, 0.05) is 43.1 Å². The fourth-order valence-corrected chi connectivity index (χ4v) is 2.78. The molecule has 1 atom stereocenters. The van der Waals surface area contributed by atoms with Crippen LogP contribution < -0.4 is 15.5 Å². The first-order chi connectivity index (χ1) is 11.8. The Morgan fingerprint density at radius 1 is 1.25 bits per heavy atom. The molecule has 2 aromatic rings. The number of aliphatic imine (C=N–C) groups is 1. The third kappa shape index (κ3) is 3.79. The van der Waals surface area contributed by atoms with Crippen LogP contribution in [-0.2, 0) is 11.3 Å². The molecule has 1 aliphatic heterocycles. The Morgan fingerprint density at radius 3 is 2.79 bits per heavy atom. The van der Waals surface area contributed by atoms with Crippen molar-refractivity contribution in [2.75, 3.05) is 29.9 Å². The number of hydrogen-bond donors (Lipinski definition) is 2. The monoisotopic (exact) mass is 326 g/mol. The van der Waals surface area contributed by atoms with Gasteiger partial charge in [-0.05, 0) is 30.3 Å². The number of piperazine rings is 1. The summed E-state index contributed by atoms with van der Waals surface area (Å²) in [5.41, 5.74) is 2.54. The van der Waals surface area contributed by atoms with E-state index >= 15 is 0 Å². The highest BCUT2D eigenvalue weighted by atomic mass is 19.1. The van der Waals surface area contributed by atoms with Gasteiger partial charge in [-0.2, -0.15) is 4.99 Å². The van der Waals surface area contributed by atoms with Gasteiger partial charge >= 0.3 is 0 Å². The molecule has 0 amide bonds. The van der Waals surface area contributed by atoms with Gasteiger partial charge in [0.2, 0.25) is 6.08 Å². The van der Waals surface area contributed by atoms with Gasteiger partial charge in [0.15, 0.2) is 0 Å². The molecule has 0 bridgehead atoms. The molecular formula is C18H19FN4O. The van der Waals surface area contributed by atoms with E-state index in [0.717, 1.165) is 24.5 Å². The van der Waals surface area contributed by atoms with E-state index in [1.807, 2.05) is 30.3 Å². The Labute approximate surface area is 140 Å². The van der Waals surface area contributed by atoms with Crippen molar-refractivity contribution in [2.45, 2.75) is 12.7 Å². The standard InChI is InChI=1S/C18H19FN4O/c19-17-4-2-1-3-14(17)11-21-15-5-7-16(8-6-15)23-10-9-20-12-18(23)22-13-24/h1-8,18,20-21H,9-12H2. The Bertz CT molecular complexity index is 728. The van der Waals surface area contributed by atoms with E-state index in [4.69, 9.17) is 0 Å². The van der Waals surface area contributed by atoms with Gasteiger partial charge in [0.25, 0.3) is 0 Å². The number of benzene rings is 2. The number of nitrogens with zero attached hydrogens (tertiary/aromatic N) is 2. The molecule has 0 aromatic heterocycles. The summed E-state index contributed by atoms with van der Waals surface area (Å²) >= 11 is 0. The maximum absolute atomic E-state index is 13.6. The van der Waals surface area contributed by atoms with Gasteiger partial charge in [-0.15, -0.1) is 0 Å². The van der Waals surface area contributed by atoms with Crippen molar-refractivity contribution in [1.82, 2.24) is 5.32 Å². The van der Waals surface area contributed by atoms with E-state index < -0.39 is 0 Å². The number of hydrogen-bond acceptors (Lipinski definition) is 5. The normalized spacial score (nSPS) is 17.2. The molecule has 2 aromatic carbocycles. The van der Waals surface area contributed by atoms with Gasteiger partial charge in [-0.25, -0.2) is 9.18 Å². The minimum absolute atomic E-state index is 0.211. The zero-order valence-corrected chi connectivity index (χ0v) is 13.2. The van der Waals surface area contributed by atoms with Crippen LogP contribution >= 0.6 is 0 Å². The maximum atomic E-state index is 13.6. The number of nitrogens with one attached hydrogen (secondary N) is 2. The molecule has 1 fully saturated rings. The largest absolute Gasteiger partial charge is 0.381 e. The lowest BCUT2D eigenvalue weighted by Gasteiger charge is -2.34. The zero-order chi connectivity index (χ0) is 16.8. The summed E-state index contributed by atoms with van der Waals surface area (Å²) in [7, 11) is 0. The highest BCUT2D eigenvalue weighted by Gasteiger charge is 2.21. The van der Waals surface area contributed by atoms with Crippen molar-refractivity contribution in [3.63, 3.8) is 0 Å². The third-order valence-electron chi connectivity index (χ3n) is 4.06.